The summed E-state index contributed by atoms with van der Waals surface area (Å²) in [6.45, 7) is 0. The van der Waals surface area contributed by atoms with Crippen molar-refractivity contribution in [3.8, 4) is 22.3 Å². The minimum Gasteiger partial charge on any atom is -0.236 e. The molecule has 5 aromatic carbocycles. The Morgan fingerprint density at radius 2 is 1.00 bits per heavy atom. The average Bonchev–Trinajstić information content (AvgIpc) is 2.84. The fourth-order valence-corrected chi connectivity index (χ4v) is 5.68. The van der Waals surface area contributed by atoms with Gasteiger partial charge in [0.15, 0.2) is 0 Å². The van der Waals surface area contributed by atoms with Crippen molar-refractivity contribution < 1.29 is 0 Å². The molecule has 0 unspecified atom stereocenters. The summed E-state index contributed by atoms with van der Waals surface area (Å²) in [5.41, 5.74) is 4.10. The first kappa shape index (κ1) is 23.0. The first-order chi connectivity index (χ1) is 17.1. The van der Waals surface area contributed by atoms with Crippen LogP contribution in [0.1, 0.15) is 11.1 Å². The van der Waals surface area contributed by atoms with Crippen LogP contribution in [0.25, 0.3) is 54.1 Å². The maximum absolute atomic E-state index is 4.79. The van der Waals surface area contributed by atoms with Crippen LogP contribution in [0.4, 0.5) is 0 Å². The van der Waals surface area contributed by atoms with Gasteiger partial charge in [-0.05, 0) is 93.8 Å². The van der Waals surface area contributed by atoms with Gasteiger partial charge in [-0.3, -0.25) is 0 Å². The zero-order valence-electron chi connectivity index (χ0n) is 21.5. The van der Waals surface area contributed by atoms with E-state index in [9.17, 15) is 0 Å². The van der Waals surface area contributed by atoms with Crippen molar-refractivity contribution >= 4 is 74.2 Å². The highest BCUT2D eigenvalue weighted by Gasteiger charge is 2.18. The molecule has 0 aliphatic heterocycles. The normalized spacial score (nSPS) is 13.2. The summed E-state index contributed by atoms with van der Waals surface area (Å²) >= 11 is 0. The van der Waals surface area contributed by atoms with Crippen LogP contribution in [0.2, 0.25) is 0 Å². The summed E-state index contributed by atoms with van der Waals surface area (Å²) < 4.78 is 0. The Bertz CT molecular complexity index is 1830. The van der Waals surface area contributed by atoms with Crippen molar-refractivity contribution in [1.29, 1.82) is 0 Å². The topological polar surface area (TPSA) is 25.8 Å². The third-order valence-electron chi connectivity index (χ3n) is 6.29. The molecule has 6 rings (SSSR count). The number of fused-ring (bicyclic) bond motifs is 6. The molecule has 1 heterocycles. The lowest BCUT2D eigenvalue weighted by Gasteiger charge is -2.17. The van der Waals surface area contributed by atoms with Crippen molar-refractivity contribution in [3.63, 3.8) is 0 Å². The van der Waals surface area contributed by atoms with E-state index in [-0.39, 0.29) is 0 Å². The molecule has 0 radical (unpaired) electrons. The number of hydrogen-bond donors (Lipinski definition) is 0. The molecule has 178 valence electrons. The van der Waals surface area contributed by atoms with E-state index in [1.165, 1.54) is 26.9 Å². The predicted octanol–water partition coefficient (Wildman–Crippen LogP) is 7.69. The molecule has 0 bridgehead atoms. The lowest BCUT2D eigenvalue weighted by Crippen LogP contribution is -1.94. The average molecular weight is 505 g/mol. The molecule has 0 amide bonds. The molecule has 0 aliphatic rings. The minimum absolute atomic E-state index is 0.899. The first-order valence-electron chi connectivity index (χ1n) is 11.8. The molecule has 36 heavy (non-hydrogen) atoms. The number of benzene rings is 5. The predicted molar refractivity (Wildman–Crippen MR) is 165 cm³/mol. The fraction of sp³-hybridized carbons (Fsp3) is 0.188. The molecule has 0 N–H and O–H groups in total. The Morgan fingerprint density at radius 3 is 1.44 bits per heavy atom. The second kappa shape index (κ2) is 8.04. The lowest BCUT2D eigenvalue weighted by atomic mass is 9.89. The van der Waals surface area contributed by atoms with Gasteiger partial charge in [0.25, 0.3) is 0 Å². The van der Waals surface area contributed by atoms with Gasteiger partial charge in [-0.2, -0.15) is 20.1 Å². The molecule has 1 aromatic heterocycles. The van der Waals surface area contributed by atoms with Gasteiger partial charge < -0.3 is 0 Å². The molecular formula is C32H28N2S2. The van der Waals surface area contributed by atoms with Gasteiger partial charge in [0.2, 0.25) is 0 Å². The maximum Gasteiger partial charge on any atom is 0.116 e. The van der Waals surface area contributed by atoms with Crippen molar-refractivity contribution in [3.05, 3.63) is 72.1 Å². The van der Waals surface area contributed by atoms with E-state index in [0.29, 0.717) is 0 Å². The second-order valence-corrected chi connectivity index (χ2v) is 18.6. The third kappa shape index (κ3) is 3.92. The summed E-state index contributed by atoms with van der Waals surface area (Å²) in [7, 11) is -1.80. The molecule has 2 nitrogen and oxygen atoms in total. The van der Waals surface area contributed by atoms with Crippen LogP contribution in [-0.2, 0) is 0 Å². The lowest BCUT2D eigenvalue weighted by molar-refractivity contribution is 1.27. The van der Waals surface area contributed by atoms with Gasteiger partial charge in [0.1, 0.15) is 6.33 Å². The quantitative estimate of drug-likeness (QED) is 0.120. The third-order valence-corrected chi connectivity index (χ3v) is 7.72. The van der Waals surface area contributed by atoms with E-state index in [1.54, 1.807) is 6.33 Å². The summed E-state index contributed by atoms with van der Waals surface area (Å²) in [5, 5.41) is 16.4. The zero-order chi connectivity index (χ0) is 25.2. The smallest absolute Gasteiger partial charge is 0.116 e. The van der Waals surface area contributed by atoms with E-state index in [4.69, 9.17) is 9.97 Å². The van der Waals surface area contributed by atoms with Crippen LogP contribution in [0.15, 0.2) is 60.9 Å². The highest BCUT2D eigenvalue weighted by Crippen LogP contribution is 2.43. The minimum atomic E-state index is -0.899. The first-order valence-corrected chi connectivity index (χ1v) is 17.5. The van der Waals surface area contributed by atoms with Crippen LogP contribution in [0.5, 0.6) is 0 Å². The summed E-state index contributed by atoms with van der Waals surface area (Å²) in [6, 6.07) is 19.7. The number of nitrogens with zero attached hydrogens (tertiary/aromatic N) is 2. The zero-order valence-corrected chi connectivity index (χ0v) is 23.1. The molecule has 0 atom stereocenters. The largest absolute Gasteiger partial charge is 0.236 e. The van der Waals surface area contributed by atoms with Gasteiger partial charge in [0.05, 0.1) is 11.0 Å². The molecule has 6 aromatic rings. The van der Waals surface area contributed by atoms with E-state index in [0.717, 1.165) is 38.3 Å². The van der Waals surface area contributed by atoms with Crippen molar-refractivity contribution in [2.45, 2.75) is 0 Å². The Labute approximate surface area is 215 Å². The Balaban J connectivity index is 1.76. The fourth-order valence-electron chi connectivity index (χ4n) is 4.83. The van der Waals surface area contributed by atoms with E-state index >= 15 is 0 Å². The maximum atomic E-state index is 4.79. The summed E-state index contributed by atoms with van der Waals surface area (Å²) in [5.74, 6) is 6.84. The van der Waals surface area contributed by atoms with E-state index in [2.05, 4.69) is 114 Å². The summed E-state index contributed by atoms with van der Waals surface area (Å²) in [6.07, 6.45) is 15.0. The Kier molecular flexibility index (Phi) is 5.13. The number of aromatic nitrogens is 2. The van der Waals surface area contributed by atoms with Crippen LogP contribution in [0.3, 0.4) is 0 Å². The van der Waals surface area contributed by atoms with Crippen molar-refractivity contribution in [1.82, 2.24) is 9.97 Å². The number of hydrogen-bond acceptors (Lipinski definition) is 2. The van der Waals surface area contributed by atoms with E-state index < -0.39 is 20.1 Å². The van der Waals surface area contributed by atoms with Crippen LogP contribution in [-0.4, -0.2) is 47.5 Å². The van der Waals surface area contributed by atoms with Gasteiger partial charge in [-0.25, -0.2) is 9.97 Å². The van der Waals surface area contributed by atoms with Crippen LogP contribution < -0.4 is 0 Å². The molecule has 0 saturated carbocycles. The summed E-state index contributed by atoms with van der Waals surface area (Å²) in [4.78, 5) is 9.59. The van der Waals surface area contributed by atoms with Gasteiger partial charge in [-0.1, -0.05) is 42.2 Å². The monoisotopic (exact) mass is 504 g/mol. The van der Waals surface area contributed by atoms with Crippen LogP contribution in [0, 0.1) is 22.3 Å². The van der Waals surface area contributed by atoms with Crippen LogP contribution >= 0.6 is 20.1 Å². The second-order valence-electron chi connectivity index (χ2n) is 10.8. The number of rotatable bonds is 0. The van der Waals surface area contributed by atoms with E-state index in [1.807, 2.05) is 0 Å². The highest BCUT2D eigenvalue weighted by atomic mass is 32.3. The van der Waals surface area contributed by atoms with Crippen molar-refractivity contribution in [2.24, 2.45) is 0 Å². The molecule has 0 fully saturated rings. The van der Waals surface area contributed by atoms with Gasteiger partial charge in [-0.15, -0.1) is 0 Å². The Hall–Kier alpha value is -3.44. The highest BCUT2D eigenvalue weighted by molar-refractivity contribution is 8.36. The van der Waals surface area contributed by atoms with Gasteiger partial charge in [0, 0.05) is 32.7 Å². The molecule has 0 aliphatic carbocycles. The van der Waals surface area contributed by atoms with Crippen molar-refractivity contribution in [2.75, 3.05) is 37.5 Å². The Morgan fingerprint density at radius 1 is 0.528 bits per heavy atom. The standard InChI is InChI=1S/C32H28N2S2/c1-35(2,3)16-14-21-10-12-25-27(18-21)23-8-7-9-24-28-19-22(15-17-36(4,5)6)11-13-26(28)32-30(29(23)24)31(25)33-20-34-32/h7-13,18-20H,1-6H3. The molecule has 4 heteroatoms. The van der Waals surface area contributed by atoms with Gasteiger partial charge >= 0.3 is 0 Å². The molecular weight excluding hydrogens is 477 g/mol. The SMILES string of the molecule is CS(C)(C)C#Cc1ccc2c(c1)c1cccc3c4cc(C#CS(C)(C)C)ccc4c4ncnc2c4c13. The molecule has 0 saturated heterocycles. The molecule has 0 spiro atoms.